The summed E-state index contributed by atoms with van der Waals surface area (Å²) in [6, 6.07) is 5.40. The number of carbonyl (C=O) groups excluding carboxylic acids is 1. The summed E-state index contributed by atoms with van der Waals surface area (Å²) < 4.78 is 50.7. The molecule has 0 unspecified atom stereocenters. The van der Waals surface area contributed by atoms with Crippen molar-refractivity contribution < 1.29 is 27.1 Å². The van der Waals surface area contributed by atoms with E-state index in [0.717, 1.165) is 25.2 Å². The van der Waals surface area contributed by atoms with E-state index in [-0.39, 0.29) is 34.8 Å². The topological polar surface area (TPSA) is 104 Å². The SMILES string of the molecule is CC(C)OC(=O)N1CCC(n2ccc3c(Oc4ccc(S(C)(=O)=O)cc4F)ncnc32)CC1. The van der Waals surface area contributed by atoms with Gasteiger partial charge in [0, 0.05) is 31.6 Å². The quantitative estimate of drug-likeness (QED) is 0.549. The van der Waals surface area contributed by atoms with Gasteiger partial charge < -0.3 is 18.9 Å². The number of piperidine rings is 1. The molecule has 3 aromatic rings. The van der Waals surface area contributed by atoms with Crippen LogP contribution in [0.3, 0.4) is 0 Å². The van der Waals surface area contributed by atoms with E-state index in [4.69, 9.17) is 9.47 Å². The van der Waals surface area contributed by atoms with Crippen molar-refractivity contribution in [2.45, 2.75) is 43.7 Å². The third-order valence-corrected chi connectivity index (χ3v) is 6.57. The maximum absolute atomic E-state index is 14.5. The van der Waals surface area contributed by atoms with E-state index in [1.165, 1.54) is 18.5 Å². The first-order valence-electron chi connectivity index (χ1n) is 10.6. The lowest BCUT2D eigenvalue weighted by atomic mass is 10.1. The van der Waals surface area contributed by atoms with Gasteiger partial charge in [-0.25, -0.2) is 27.6 Å². The van der Waals surface area contributed by atoms with E-state index in [1.54, 1.807) is 11.0 Å². The third-order valence-electron chi connectivity index (χ3n) is 5.46. The first-order chi connectivity index (χ1) is 15.6. The lowest BCUT2D eigenvalue weighted by Crippen LogP contribution is -2.40. The van der Waals surface area contributed by atoms with Crippen LogP contribution < -0.4 is 4.74 Å². The fraction of sp³-hybridized carbons (Fsp3) is 0.409. The minimum atomic E-state index is -3.53. The van der Waals surface area contributed by atoms with Gasteiger partial charge in [-0.1, -0.05) is 0 Å². The Hall–Kier alpha value is -3.21. The molecule has 11 heteroatoms. The van der Waals surface area contributed by atoms with Gasteiger partial charge in [0.05, 0.1) is 16.4 Å². The van der Waals surface area contributed by atoms with Crippen LogP contribution in [-0.4, -0.2) is 59.4 Å². The van der Waals surface area contributed by atoms with Crippen LogP contribution in [0.4, 0.5) is 9.18 Å². The molecule has 0 radical (unpaired) electrons. The average Bonchev–Trinajstić information content (AvgIpc) is 3.19. The summed E-state index contributed by atoms with van der Waals surface area (Å²) in [5.41, 5.74) is 0.636. The zero-order valence-electron chi connectivity index (χ0n) is 18.6. The predicted octanol–water partition coefficient (Wildman–Crippen LogP) is 3.95. The molecule has 1 aromatic carbocycles. The number of sulfone groups is 1. The number of halogens is 1. The van der Waals surface area contributed by atoms with E-state index in [9.17, 15) is 17.6 Å². The Morgan fingerprint density at radius 1 is 1.18 bits per heavy atom. The molecule has 0 saturated carbocycles. The Morgan fingerprint density at radius 2 is 1.91 bits per heavy atom. The summed E-state index contributed by atoms with van der Waals surface area (Å²) >= 11 is 0. The first kappa shape index (κ1) is 23.0. The second-order valence-electron chi connectivity index (χ2n) is 8.26. The summed E-state index contributed by atoms with van der Waals surface area (Å²) in [6.45, 7) is 4.79. The number of hydrogen-bond donors (Lipinski definition) is 0. The van der Waals surface area contributed by atoms with Gasteiger partial charge in [0.2, 0.25) is 5.88 Å². The van der Waals surface area contributed by atoms with E-state index in [1.807, 2.05) is 24.6 Å². The molecule has 0 spiro atoms. The smallest absolute Gasteiger partial charge is 0.410 e. The summed E-state index contributed by atoms with van der Waals surface area (Å²) in [6.07, 6.45) is 5.23. The van der Waals surface area contributed by atoms with Gasteiger partial charge in [0.25, 0.3) is 0 Å². The zero-order chi connectivity index (χ0) is 23.8. The van der Waals surface area contributed by atoms with Crippen molar-refractivity contribution in [2.75, 3.05) is 19.3 Å². The Balaban J connectivity index is 1.53. The number of nitrogens with zero attached hydrogens (tertiary/aromatic N) is 4. The van der Waals surface area contributed by atoms with Crippen molar-refractivity contribution in [1.82, 2.24) is 19.4 Å². The number of rotatable bonds is 5. The maximum Gasteiger partial charge on any atom is 0.410 e. The third kappa shape index (κ3) is 4.92. The van der Waals surface area contributed by atoms with Crippen LogP contribution in [0.25, 0.3) is 11.0 Å². The van der Waals surface area contributed by atoms with Gasteiger partial charge in [-0.05, 0) is 51.0 Å². The summed E-state index contributed by atoms with van der Waals surface area (Å²) in [7, 11) is -3.53. The minimum absolute atomic E-state index is 0.124. The Bertz CT molecular complexity index is 1280. The highest BCUT2D eigenvalue weighted by atomic mass is 32.2. The number of ether oxygens (including phenoxy) is 2. The fourth-order valence-electron chi connectivity index (χ4n) is 3.83. The normalized spacial score (nSPS) is 15.2. The standard InChI is InChI=1S/C22H25FN4O5S/c1-14(2)31-22(28)26-9-6-15(7-10-26)27-11-8-17-20(27)24-13-25-21(17)32-19-5-4-16(12-18(19)23)33(3,29)30/h4-5,8,11-15H,6-7,9-10H2,1-3H3. The highest BCUT2D eigenvalue weighted by molar-refractivity contribution is 7.90. The summed E-state index contributed by atoms with van der Waals surface area (Å²) in [4.78, 5) is 22.2. The number of likely N-dealkylation sites (tertiary alicyclic amines) is 1. The van der Waals surface area contributed by atoms with E-state index >= 15 is 0 Å². The van der Waals surface area contributed by atoms with Crippen LogP contribution in [-0.2, 0) is 14.6 Å². The molecule has 0 bridgehead atoms. The highest BCUT2D eigenvalue weighted by Gasteiger charge is 2.26. The second-order valence-corrected chi connectivity index (χ2v) is 10.3. The van der Waals surface area contributed by atoms with Crippen molar-refractivity contribution in [3.8, 4) is 11.6 Å². The van der Waals surface area contributed by atoms with Gasteiger partial charge in [0.15, 0.2) is 21.4 Å². The Morgan fingerprint density at radius 3 is 2.55 bits per heavy atom. The monoisotopic (exact) mass is 476 g/mol. The van der Waals surface area contributed by atoms with Crippen LogP contribution in [0.15, 0.2) is 41.7 Å². The van der Waals surface area contributed by atoms with Gasteiger partial charge in [-0.2, -0.15) is 0 Å². The average molecular weight is 477 g/mol. The van der Waals surface area contributed by atoms with E-state index in [0.29, 0.717) is 24.1 Å². The molecule has 0 N–H and O–H groups in total. The van der Waals surface area contributed by atoms with Crippen molar-refractivity contribution >= 4 is 27.0 Å². The molecule has 0 atom stereocenters. The van der Waals surface area contributed by atoms with Gasteiger partial charge in [-0.15, -0.1) is 0 Å². The van der Waals surface area contributed by atoms with Gasteiger partial charge in [-0.3, -0.25) is 0 Å². The minimum Gasteiger partial charge on any atom is -0.447 e. The molecule has 9 nitrogen and oxygen atoms in total. The molecule has 33 heavy (non-hydrogen) atoms. The van der Waals surface area contributed by atoms with Crippen LogP contribution in [0.5, 0.6) is 11.6 Å². The van der Waals surface area contributed by atoms with Crippen molar-refractivity contribution in [3.05, 3.63) is 42.6 Å². The largest absolute Gasteiger partial charge is 0.447 e. The van der Waals surface area contributed by atoms with Crippen molar-refractivity contribution in [1.29, 1.82) is 0 Å². The van der Waals surface area contributed by atoms with Crippen LogP contribution in [0.1, 0.15) is 32.7 Å². The molecule has 3 heterocycles. The molecule has 1 aliphatic rings. The fourth-order valence-corrected chi connectivity index (χ4v) is 4.46. The molecule has 2 aromatic heterocycles. The first-order valence-corrected chi connectivity index (χ1v) is 12.5. The van der Waals surface area contributed by atoms with Crippen molar-refractivity contribution in [3.63, 3.8) is 0 Å². The van der Waals surface area contributed by atoms with Crippen LogP contribution >= 0.6 is 0 Å². The molecule has 1 fully saturated rings. The Kier molecular flexibility index (Phi) is 6.24. The molecule has 1 saturated heterocycles. The molecule has 0 aliphatic carbocycles. The number of aromatic nitrogens is 3. The summed E-state index contributed by atoms with van der Waals surface area (Å²) in [5, 5.41) is 0.603. The molecule has 176 valence electrons. The Labute approximate surface area is 191 Å². The van der Waals surface area contributed by atoms with Gasteiger partial charge in [0.1, 0.15) is 12.0 Å². The molecule has 1 amide bonds. The zero-order valence-corrected chi connectivity index (χ0v) is 19.4. The highest BCUT2D eigenvalue weighted by Crippen LogP contribution is 2.33. The number of benzene rings is 1. The predicted molar refractivity (Wildman–Crippen MR) is 119 cm³/mol. The van der Waals surface area contributed by atoms with Crippen molar-refractivity contribution in [2.24, 2.45) is 0 Å². The van der Waals surface area contributed by atoms with Crippen LogP contribution in [0.2, 0.25) is 0 Å². The number of hydrogen-bond acceptors (Lipinski definition) is 7. The molecular weight excluding hydrogens is 451 g/mol. The lowest BCUT2D eigenvalue weighted by Gasteiger charge is -2.32. The van der Waals surface area contributed by atoms with E-state index < -0.39 is 15.7 Å². The number of carbonyl (C=O) groups is 1. The molecule has 1 aliphatic heterocycles. The molecule has 4 rings (SSSR count). The lowest BCUT2D eigenvalue weighted by molar-refractivity contribution is 0.0663. The van der Waals surface area contributed by atoms with Gasteiger partial charge >= 0.3 is 6.09 Å². The van der Waals surface area contributed by atoms with Crippen LogP contribution in [0, 0.1) is 5.82 Å². The second kappa shape index (κ2) is 8.97. The molecular formula is C22H25FN4O5S. The number of fused-ring (bicyclic) bond motifs is 1. The van der Waals surface area contributed by atoms with E-state index in [2.05, 4.69) is 9.97 Å². The maximum atomic E-state index is 14.5. The number of amides is 1. The summed E-state index contributed by atoms with van der Waals surface area (Å²) in [5.74, 6) is -0.764.